The van der Waals surface area contributed by atoms with Gasteiger partial charge < -0.3 is 16.0 Å². The van der Waals surface area contributed by atoms with Crippen LogP contribution in [0.25, 0.3) is 22.0 Å². The van der Waals surface area contributed by atoms with Gasteiger partial charge in [-0.05, 0) is 47.4 Å². The summed E-state index contributed by atoms with van der Waals surface area (Å²) in [7, 11) is 0. The minimum Gasteiger partial charge on any atom is -0.353 e. The summed E-state index contributed by atoms with van der Waals surface area (Å²) in [5.41, 5.74) is 11.6. The number of nitrogens with two attached hydrogens (primary N) is 1. The third-order valence-electron chi connectivity index (χ3n) is 5.14. The van der Waals surface area contributed by atoms with Crippen LogP contribution in [0.4, 0.5) is 5.82 Å². The van der Waals surface area contributed by atoms with Crippen molar-refractivity contribution >= 4 is 28.3 Å². The number of anilines is 1. The van der Waals surface area contributed by atoms with E-state index in [1.807, 2.05) is 6.07 Å². The molecular weight excluding hydrogens is 344 g/mol. The highest BCUT2D eigenvalue weighted by Crippen LogP contribution is 2.32. The minimum atomic E-state index is 0.550. The molecule has 0 aliphatic carbocycles. The van der Waals surface area contributed by atoms with Crippen LogP contribution >= 0.6 is 11.6 Å². The van der Waals surface area contributed by atoms with Crippen molar-refractivity contribution in [2.24, 2.45) is 5.73 Å². The Bertz CT molecular complexity index is 948. The fourth-order valence-corrected chi connectivity index (χ4v) is 3.90. The maximum atomic E-state index is 6.57. The van der Waals surface area contributed by atoms with Gasteiger partial charge in [0.15, 0.2) is 0 Å². The molecule has 0 radical (unpaired) electrons. The van der Waals surface area contributed by atoms with Crippen molar-refractivity contribution in [3.8, 4) is 11.1 Å². The SMILES string of the molecule is Cc1c(CN)cccc1-c1ccc2nc(N3CCNCC3)c(Cl)cc2c1. The molecule has 4 nitrogen and oxygen atoms in total. The monoisotopic (exact) mass is 366 g/mol. The number of hydrogen-bond acceptors (Lipinski definition) is 4. The van der Waals surface area contributed by atoms with Crippen LogP contribution in [-0.2, 0) is 6.54 Å². The van der Waals surface area contributed by atoms with E-state index in [1.165, 1.54) is 16.7 Å². The van der Waals surface area contributed by atoms with Gasteiger partial charge in [-0.15, -0.1) is 0 Å². The Kier molecular flexibility index (Phi) is 4.81. The summed E-state index contributed by atoms with van der Waals surface area (Å²) in [4.78, 5) is 7.09. The minimum absolute atomic E-state index is 0.550. The third kappa shape index (κ3) is 3.16. The first-order chi connectivity index (χ1) is 12.7. The lowest BCUT2D eigenvalue weighted by Crippen LogP contribution is -2.44. The van der Waals surface area contributed by atoms with Gasteiger partial charge in [-0.3, -0.25) is 0 Å². The maximum absolute atomic E-state index is 6.57. The number of halogens is 1. The predicted octanol–water partition coefficient (Wildman–Crippen LogP) is 3.73. The molecule has 0 unspecified atom stereocenters. The van der Waals surface area contributed by atoms with Crippen molar-refractivity contribution in [3.63, 3.8) is 0 Å². The van der Waals surface area contributed by atoms with Gasteiger partial charge in [0.05, 0.1) is 10.5 Å². The van der Waals surface area contributed by atoms with Crippen LogP contribution in [0.15, 0.2) is 42.5 Å². The normalized spacial score (nSPS) is 14.8. The molecule has 0 bridgehead atoms. The summed E-state index contributed by atoms with van der Waals surface area (Å²) in [5.74, 6) is 0.884. The molecular formula is C21H23ClN4. The van der Waals surface area contributed by atoms with Crippen molar-refractivity contribution in [1.82, 2.24) is 10.3 Å². The van der Waals surface area contributed by atoms with Crippen molar-refractivity contribution in [2.75, 3.05) is 31.1 Å². The maximum Gasteiger partial charge on any atom is 0.148 e. The Labute approximate surface area is 159 Å². The molecule has 1 fully saturated rings. The Morgan fingerprint density at radius 3 is 2.73 bits per heavy atom. The second-order valence-electron chi connectivity index (χ2n) is 6.73. The Morgan fingerprint density at radius 2 is 1.96 bits per heavy atom. The predicted molar refractivity (Wildman–Crippen MR) is 110 cm³/mol. The molecule has 1 aliphatic heterocycles. The van der Waals surface area contributed by atoms with Crippen LogP contribution in [0.1, 0.15) is 11.1 Å². The van der Waals surface area contributed by atoms with Gasteiger partial charge in [-0.2, -0.15) is 0 Å². The lowest BCUT2D eigenvalue weighted by atomic mass is 9.95. The van der Waals surface area contributed by atoms with Crippen LogP contribution in [0.2, 0.25) is 5.02 Å². The molecule has 1 aromatic heterocycles. The Balaban J connectivity index is 1.76. The van der Waals surface area contributed by atoms with Crippen LogP contribution in [0.5, 0.6) is 0 Å². The molecule has 2 aromatic carbocycles. The quantitative estimate of drug-likeness (QED) is 0.741. The van der Waals surface area contributed by atoms with E-state index in [4.69, 9.17) is 22.3 Å². The first kappa shape index (κ1) is 17.3. The molecule has 26 heavy (non-hydrogen) atoms. The molecule has 3 N–H and O–H groups in total. The van der Waals surface area contributed by atoms with Gasteiger partial charge in [-0.1, -0.05) is 35.9 Å². The Hall–Kier alpha value is -2.14. The molecule has 0 spiro atoms. The molecule has 1 saturated heterocycles. The van der Waals surface area contributed by atoms with Crippen molar-refractivity contribution in [3.05, 3.63) is 58.6 Å². The second kappa shape index (κ2) is 7.23. The molecule has 0 amide bonds. The van der Waals surface area contributed by atoms with E-state index in [9.17, 15) is 0 Å². The summed E-state index contributed by atoms with van der Waals surface area (Å²) >= 11 is 6.57. The summed E-state index contributed by atoms with van der Waals surface area (Å²) in [6, 6.07) is 14.7. The first-order valence-corrected chi connectivity index (χ1v) is 9.40. The average molecular weight is 367 g/mol. The highest BCUT2D eigenvalue weighted by Gasteiger charge is 2.16. The van der Waals surface area contributed by atoms with Crippen LogP contribution < -0.4 is 16.0 Å². The van der Waals surface area contributed by atoms with Crippen molar-refractivity contribution in [2.45, 2.75) is 13.5 Å². The molecule has 5 heteroatoms. The van der Waals surface area contributed by atoms with E-state index in [-0.39, 0.29) is 0 Å². The number of nitrogens with one attached hydrogen (secondary N) is 1. The van der Waals surface area contributed by atoms with Crippen molar-refractivity contribution < 1.29 is 0 Å². The largest absolute Gasteiger partial charge is 0.353 e. The zero-order chi connectivity index (χ0) is 18.1. The van der Waals surface area contributed by atoms with Crippen LogP contribution in [-0.4, -0.2) is 31.2 Å². The summed E-state index contributed by atoms with van der Waals surface area (Å²) < 4.78 is 0. The highest BCUT2D eigenvalue weighted by molar-refractivity contribution is 6.33. The molecule has 0 atom stereocenters. The number of aromatic nitrogens is 1. The molecule has 134 valence electrons. The smallest absolute Gasteiger partial charge is 0.148 e. The number of nitrogens with zero attached hydrogens (tertiary/aromatic N) is 2. The second-order valence-corrected chi connectivity index (χ2v) is 7.14. The lowest BCUT2D eigenvalue weighted by Gasteiger charge is -2.29. The Morgan fingerprint density at radius 1 is 1.15 bits per heavy atom. The van der Waals surface area contributed by atoms with Crippen LogP contribution in [0, 0.1) is 6.92 Å². The van der Waals surface area contributed by atoms with Crippen molar-refractivity contribution in [1.29, 1.82) is 0 Å². The molecule has 2 heterocycles. The summed E-state index contributed by atoms with van der Waals surface area (Å²) in [6.07, 6.45) is 0. The summed E-state index contributed by atoms with van der Waals surface area (Å²) in [6.45, 7) is 6.47. The number of benzene rings is 2. The topological polar surface area (TPSA) is 54.2 Å². The first-order valence-electron chi connectivity index (χ1n) is 9.02. The van der Waals surface area contributed by atoms with Gasteiger partial charge in [0.1, 0.15) is 5.82 Å². The standard InChI is InChI=1S/C21H23ClN4/c1-14-16(13-23)3-2-4-18(14)15-5-6-20-17(11-15)12-19(22)21(25-20)26-9-7-24-8-10-26/h2-6,11-12,24H,7-10,13,23H2,1H3. The number of hydrogen-bond donors (Lipinski definition) is 2. The van der Waals surface area contributed by atoms with Gasteiger partial charge >= 0.3 is 0 Å². The van der Waals surface area contributed by atoms with Gasteiger partial charge in [0.25, 0.3) is 0 Å². The average Bonchev–Trinajstić information content (AvgIpc) is 2.68. The fourth-order valence-electron chi connectivity index (χ4n) is 3.62. The number of piperazine rings is 1. The number of rotatable bonds is 3. The lowest BCUT2D eigenvalue weighted by molar-refractivity contribution is 0.585. The van der Waals surface area contributed by atoms with Crippen LogP contribution in [0.3, 0.4) is 0 Å². The van der Waals surface area contributed by atoms with Gasteiger partial charge in [0.2, 0.25) is 0 Å². The molecule has 3 aromatic rings. The number of fused-ring (bicyclic) bond motifs is 1. The van der Waals surface area contributed by atoms with E-state index < -0.39 is 0 Å². The van der Waals surface area contributed by atoms with E-state index in [2.05, 4.69) is 53.5 Å². The van der Waals surface area contributed by atoms with E-state index in [0.29, 0.717) is 11.6 Å². The zero-order valence-electron chi connectivity index (χ0n) is 14.9. The molecule has 0 saturated carbocycles. The van der Waals surface area contributed by atoms with E-state index in [1.54, 1.807) is 0 Å². The van der Waals surface area contributed by atoms with E-state index >= 15 is 0 Å². The number of pyridine rings is 1. The zero-order valence-corrected chi connectivity index (χ0v) is 15.7. The van der Waals surface area contributed by atoms with E-state index in [0.717, 1.165) is 48.5 Å². The van der Waals surface area contributed by atoms with Gasteiger partial charge in [0, 0.05) is 38.1 Å². The summed E-state index contributed by atoms with van der Waals surface area (Å²) in [5, 5.41) is 5.13. The third-order valence-corrected chi connectivity index (χ3v) is 5.42. The van der Waals surface area contributed by atoms with Gasteiger partial charge in [-0.25, -0.2) is 4.98 Å². The highest BCUT2D eigenvalue weighted by atomic mass is 35.5. The molecule has 1 aliphatic rings. The fraction of sp³-hybridized carbons (Fsp3) is 0.286. The molecule has 4 rings (SSSR count).